The van der Waals surface area contributed by atoms with Crippen LogP contribution in [0.1, 0.15) is 50.5 Å². The first kappa shape index (κ1) is 17.9. The minimum absolute atomic E-state index is 0.0554. The number of H-pyrrole nitrogens is 2. The van der Waals surface area contributed by atoms with Gasteiger partial charge in [-0.2, -0.15) is 0 Å². The van der Waals surface area contributed by atoms with E-state index in [0.29, 0.717) is 0 Å². The van der Waals surface area contributed by atoms with Gasteiger partial charge in [0.2, 0.25) is 0 Å². The molecule has 0 spiro atoms. The quantitative estimate of drug-likeness (QED) is 0.607. The number of unbranched alkanes of at least 4 members (excludes halogenated alkanes) is 1. The van der Waals surface area contributed by atoms with E-state index < -0.39 is 0 Å². The summed E-state index contributed by atoms with van der Waals surface area (Å²) >= 11 is 0. The number of aryl methyl sites for hydroxylation is 1. The predicted octanol–water partition coefficient (Wildman–Crippen LogP) is 2.37. The number of benzene rings is 1. The fourth-order valence-electron chi connectivity index (χ4n) is 4.14. The Morgan fingerprint density at radius 2 is 1.89 bits per heavy atom. The first-order valence-corrected chi connectivity index (χ1v) is 9.97. The number of aromatic nitrogens is 3. The zero-order chi connectivity index (χ0) is 18.6. The van der Waals surface area contributed by atoms with Gasteiger partial charge in [0.15, 0.2) is 0 Å². The summed E-state index contributed by atoms with van der Waals surface area (Å²) < 4.78 is 2.23. The Bertz CT molecular complexity index is 1090. The smallest absolute Gasteiger partial charge is 0.271 e. The Kier molecular flexibility index (Phi) is 5.30. The van der Waals surface area contributed by atoms with Crippen LogP contribution in [0.5, 0.6) is 0 Å². The number of nitrogens with zero attached hydrogens (tertiary/aromatic N) is 1. The van der Waals surface area contributed by atoms with Crippen molar-refractivity contribution in [2.45, 2.75) is 51.5 Å². The van der Waals surface area contributed by atoms with Crippen molar-refractivity contribution in [1.29, 1.82) is 0 Å². The summed E-state index contributed by atoms with van der Waals surface area (Å²) in [5.74, 6) is 0. The molecule has 0 aliphatic heterocycles. The lowest BCUT2D eigenvalue weighted by molar-refractivity contribution is 0.281. The number of rotatable bonds is 5. The predicted molar refractivity (Wildman–Crippen MR) is 109 cm³/mol. The molecule has 0 amide bonds. The van der Waals surface area contributed by atoms with Crippen molar-refractivity contribution in [3.05, 3.63) is 56.9 Å². The molecular weight excluding hydrogens is 338 g/mol. The minimum atomic E-state index is -0.0554. The van der Waals surface area contributed by atoms with Crippen LogP contribution in [-0.4, -0.2) is 26.5 Å². The molecule has 0 bridgehead atoms. The molecule has 1 fully saturated rings. The van der Waals surface area contributed by atoms with Crippen LogP contribution < -0.4 is 16.1 Å². The van der Waals surface area contributed by atoms with Gasteiger partial charge < -0.3 is 9.67 Å². The van der Waals surface area contributed by atoms with Gasteiger partial charge in [-0.3, -0.25) is 15.0 Å². The molecule has 1 aliphatic rings. The zero-order valence-corrected chi connectivity index (χ0v) is 15.6. The van der Waals surface area contributed by atoms with Crippen LogP contribution in [0.4, 0.5) is 0 Å². The summed E-state index contributed by atoms with van der Waals surface area (Å²) in [5.41, 5.74) is 3.54. The Morgan fingerprint density at radius 1 is 1.07 bits per heavy atom. The summed E-state index contributed by atoms with van der Waals surface area (Å²) in [6.07, 6.45) is 11.7. The molecule has 0 atom stereocenters. The molecule has 3 aromatic rings. The van der Waals surface area contributed by atoms with Crippen LogP contribution in [-0.2, 0) is 6.54 Å². The Morgan fingerprint density at radius 3 is 2.70 bits per heavy atom. The average Bonchev–Trinajstić information content (AvgIpc) is 3.24. The van der Waals surface area contributed by atoms with Crippen LogP contribution in [0.15, 0.2) is 35.3 Å². The second kappa shape index (κ2) is 8.01. The van der Waals surface area contributed by atoms with Crippen molar-refractivity contribution < 1.29 is 5.11 Å². The normalized spacial score (nSPS) is 15.7. The van der Waals surface area contributed by atoms with Gasteiger partial charge in [-0.05, 0) is 56.2 Å². The van der Waals surface area contributed by atoms with E-state index in [9.17, 15) is 4.79 Å². The van der Waals surface area contributed by atoms with E-state index in [4.69, 9.17) is 5.11 Å². The highest BCUT2D eigenvalue weighted by molar-refractivity contribution is 5.89. The van der Waals surface area contributed by atoms with Crippen molar-refractivity contribution in [2.75, 3.05) is 6.61 Å². The number of hydrogen-bond acceptors (Lipinski definition) is 2. The highest BCUT2D eigenvalue weighted by Crippen LogP contribution is 2.23. The summed E-state index contributed by atoms with van der Waals surface area (Å²) in [4.78, 5) is 12.5. The van der Waals surface area contributed by atoms with Gasteiger partial charge in [0, 0.05) is 35.8 Å². The lowest BCUT2D eigenvalue weighted by Crippen LogP contribution is -2.35. The van der Waals surface area contributed by atoms with Gasteiger partial charge in [0.25, 0.3) is 5.56 Å². The highest BCUT2D eigenvalue weighted by Gasteiger charge is 2.10. The third-order valence-electron chi connectivity index (χ3n) is 5.55. The molecule has 0 radical (unpaired) electrons. The van der Waals surface area contributed by atoms with E-state index in [1.807, 2.05) is 18.2 Å². The Hall–Kier alpha value is -2.53. The summed E-state index contributed by atoms with van der Waals surface area (Å²) in [5, 5.41) is 17.8. The standard InChI is InChI=1S/C22H27N3O2/c26-13-7-6-12-25-15-17(18-10-4-5-11-20(18)25)14-19-21(23-24-22(19)27)16-8-2-1-3-9-16/h4-5,10-11,14-15,23,26H,1-3,6-9,12-13H2,(H,24,27). The van der Waals surface area contributed by atoms with Crippen molar-refractivity contribution in [3.8, 4) is 0 Å². The number of para-hydroxylation sites is 1. The van der Waals surface area contributed by atoms with E-state index >= 15 is 0 Å². The van der Waals surface area contributed by atoms with Crippen LogP contribution in [0.2, 0.25) is 0 Å². The maximum absolute atomic E-state index is 12.5. The van der Waals surface area contributed by atoms with Crippen molar-refractivity contribution in [1.82, 2.24) is 14.8 Å². The van der Waals surface area contributed by atoms with E-state index in [-0.39, 0.29) is 12.2 Å². The monoisotopic (exact) mass is 365 g/mol. The van der Waals surface area contributed by atoms with Crippen LogP contribution >= 0.6 is 0 Å². The zero-order valence-electron chi connectivity index (χ0n) is 15.6. The fraction of sp³-hybridized carbons (Fsp3) is 0.409. The molecule has 2 heterocycles. The third kappa shape index (κ3) is 3.65. The van der Waals surface area contributed by atoms with Gasteiger partial charge in [-0.1, -0.05) is 24.6 Å². The van der Waals surface area contributed by atoms with Crippen LogP contribution in [0, 0.1) is 0 Å². The number of nitrogens with one attached hydrogen (secondary N) is 2. The van der Waals surface area contributed by atoms with E-state index in [0.717, 1.165) is 53.7 Å². The Balaban J connectivity index is 1.85. The first-order valence-electron chi connectivity index (χ1n) is 9.97. The van der Waals surface area contributed by atoms with Crippen LogP contribution in [0.25, 0.3) is 22.6 Å². The van der Waals surface area contributed by atoms with Crippen molar-refractivity contribution in [2.24, 2.45) is 0 Å². The van der Waals surface area contributed by atoms with Gasteiger partial charge in [0.05, 0.1) is 10.6 Å². The molecular formula is C22H27N3O2. The molecule has 0 saturated heterocycles. The molecule has 2 aromatic heterocycles. The topological polar surface area (TPSA) is 73.8 Å². The summed E-state index contributed by atoms with van der Waals surface area (Å²) in [7, 11) is 0. The molecule has 1 saturated carbocycles. The molecule has 3 N–H and O–H groups in total. The molecule has 4 rings (SSSR count). The lowest BCUT2D eigenvalue weighted by atomic mass is 9.94. The maximum atomic E-state index is 12.5. The second-order valence-corrected chi connectivity index (χ2v) is 7.40. The number of aliphatic hydroxyl groups excluding tert-OH is 1. The number of fused-ring (bicyclic) bond motifs is 1. The first-order chi connectivity index (χ1) is 13.3. The largest absolute Gasteiger partial charge is 0.396 e. The number of aromatic amines is 2. The van der Waals surface area contributed by atoms with Crippen LogP contribution in [0.3, 0.4) is 0 Å². The average molecular weight is 365 g/mol. The number of aliphatic hydroxyl groups is 1. The SMILES string of the molecule is O=c1[nH][nH]c(=C2CCCCC2)c1=Cc1cn(CCCCO)c2ccccc12. The van der Waals surface area contributed by atoms with Crippen molar-refractivity contribution in [3.63, 3.8) is 0 Å². The van der Waals surface area contributed by atoms with Gasteiger partial charge in [-0.25, -0.2) is 0 Å². The summed E-state index contributed by atoms with van der Waals surface area (Å²) in [6.45, 7) is 1.08. The number of hydrogen-bond donors (Lipinski definition) is 3. The molecule has 27 heavy (non-hydrogen) atoms. The molecule has 5 nitrogen and oxygen atoms in total. The van der Waals surface area contributed by atoms with Crippen molar-refractivity contribution >= 4 is 22.6 Å². The maximum Gasteiger partial charge on any atom is 0.271 e. The molecule has 0 unspecified atom stereocenters. The molecule has 5 heteroatoms. The molecule has 142 valence electrons. The van der Waals surface area contributed by atoms with Gasteiger partial charge >= 0.3 is 0 Å². The highest BCUT2D eigenvalue weighted by atomic mass is 16.2. The molecule has 1 aromatic carbocycles. The van der Waals surface area contributed by atoms with Gasteiger partial charge in [-0.15, -0.1) is 0 Å². The minimum Gasteiger partial charge on any atom is -0.396 e. The summed E-state index contributed by atoms with van der Waals surface area (Å²) in [6, 6.07) is 8.30. The second-order valence-electron chi connectivity index (χ2n) is 7.40. The third-order valence-corrected chi connectivity index (χ3v) is 5.55. The molecule has 1 aliphatic carbocycles. The van der Waals surface area contributed by atoms with Gasteiger partial charge in [0.1, 0.15) is 0 Å². The van der Waals surface area contributed by atoms with E-state index in [1.54, 1.807) is 0 Å². The Labute approximate surface area is 158 Å². The van der Waals surface area contributed by atoms with E-state index in [2.05, 4.69) is 33.1 Å². The lowest BCUT2D eigenvalue weighted by Gasteiger charge is -2.12. The van der Waals surface area contributed by atoms with E-state index in [1.165, 1.54) is 30.4 Å². The fourth-order valence-corrected chi connectivity index (χ4v) is 4.14.